The summed E-state index contributed by atoms with van der Waals surface area (Å²) in [5.74, 6) is -0.487. The summed E-state index contributed by atoms with van der Waals surface area (Å²) in [4.78, 5) is 26.8. The summed E-state index contributed by atoms with van der Waals surface area (Å²) in [5, 5.41) is 2.46. The molecule has 0 aliphatic carbocycles. The van der Waals surface area contributed by atoms with Crippen LogP contribution in [0.3, 0.4) is 0 Å². The number of carbonyl (C=O) groups is 2. The van der Waals surface area contributed by atoms with Gasteiger partial charge >= 0.3 is 6.36 Å². The van der Waals surface area contributed by atoms with Crippen LogP contribution in [0.15, 0.2) is 48.5 Å². The molecule has 0 saturated carbocycles. The van der Waals surface area contributed by atoms with Crippen molar-refractivity contribution in [2.45, 2.75) is 17.8 Å². The van der Waals surface area contributed by atoms with E-state index >= 15 is 0 Å². The molecule has 1 fully saturated rings. The number of fused-ring (bicyclic) bond motifs is 3. The van der Waals surface area contributed by atoms with Gasteiger partial charge in [-0.25, -0.2) is 0 Å². The second-order valence-corrected chi connectivity index (χ2v) is 7.18. The van der Waals surface area contributed by atoms with E-state index in [4.69, 9.17) is 0 Å². The molecule has 27 heavy (non-hydrogen) atoms. The average molecular weight is 394 g/mol. The molecule has 1 unspecified atom stereocenters. The van der Waals surface area contributed by atoms with E-state index in [9.17, 15) is 22.8 Å². The van der Waals surface area contributed by atoms with Crippen LogP contribution in [0.5, 0.6) is 5.75 Å². The monoisotopic (exact) mass is 394 g/mol. The molecule has 2 aliphatic heterocycles. The Labute approximate surface area is 156 Å². The lowest BCUT2D eigenvalue weighted by molar-refractivity contribution is -0.274. The van der Waals surface area contributed by atoms with E-state index in [-0.39, 0.29) is 22.9 Å². The van der Waals surface area contributed by atoms with Gasteiger partial charge < -0.3 is 15.0 Å². The molecule has 2 amide bonds. The Morgan fingerprint density at radius 1 is 1.15 bits per heavy atom. The smallest absolute Gasteiger partial charge is 0.406 e. The van der Waals surface area contributed by atoms with Crippen molar-refractivity contribution in [3.8, 4) is 5.75 Å². The fraction of sp³-hybridized carbons (Fsp3) is 0.222. The van der Waals surface area contributed by atoms with E-state index in [2.05, 4.69) is 10.1 Å². The van der Waals surface area contributed by atoms with Crippen LogP contribution in [0, 0.1) is 0 Å². The van der Waals surface area contributed by atoms with Crippen LogP contribution in [-0.4, -0.2) is 34.9 Å². The highest BCUT2D eigenvalue weighted by molar-refractivity contribution is 7.99. The van der Waals surface area contributed by atoms with Crippen molar-refractivity contribution in [3.05, 3.63) is 59.7 Å². The zero-order chi connectivity index (χ0) is 19.2. The van der Waals surface area contributed by atoms with E-state index in [1.807, 2.05) is 12.1 Å². The van der Waals surface area contributed by atoms with E-state index in [1.54, 1.807) is 17.0 Å². The van der Waals surface area contributed by atoms with E-state index in [0.717, 1.165) is 17.7 Å². The van der Waals surface area contributed by atoms with Gasteiger partial charge in [-0.2, -0.15) is 0 Å². The van der Waals surface area contributed by atoms with Gasteiger partial charge in [-0.05, 0) is 35.9 Å². The van der Waals surface area contributed by atoms with Crippen molar-refractivity contribution in [1.29, 1.82) is 0 Å². The molecule has 9 heteroatoms. The highest BCUT2D eigenvalue weighted by Crippen LogP contribution is 2.48. The van der Waals surface area contributed by atoms with Crippen LogP contribution in [0.25, 0.3) is 0 Å². The molecule has 0 bridgehead atoms. The number of nitrogens with one attached hydrogen (secondary N) is 1. The maximum absolute atomic E-state index is 12.6. The zero-order valence-electron chi connectivity index (χ0n) is 13.7. The van der Waals surface area contributed by atoms with Crippen molar-refractivity contribution in [1.82, 2.24) is 4.90 Å². The summed E-state index contributed by atoms with van der Waals surface area (Å²) >= 11 is 1.51. The number of hydrogen-bond donors (Lipinski definition) is 1. The summed E-state index contributed by atoms with van der Waals surface area (Å²) in [6, 6.07) is 11.5. The lowest BCUT2D eigenvalue weighted by Gasteiger charge is -2.22. The maximum atomic E-state index is 12.6. The molecule has 1 saturated heterocycles. The lowest BCUT2D eigenvalue weighted by atomic mass is 10.1. The summed E-state index contributed by atoms with van der Waals surface area (Å²) in [7, 11) is 0. The Bertz CT molecular complexity index is 901. The highest BCUT2D eigenvalue weighted by Gasteiger charge is 2.48. The first-order chi connectivity index (χ1) is 12.8. The van der Waals surface area contributed by atoms with Crippen molar-refractivity contribution in [2.24, 2.45) is 0 Å². The minimum atomic E-state index is -4.77. The number of halogens is 3. The van der Waals surface area contributed by atoms with Gasteiger partial charge in [-0.15, -0.1) is 24.9 Å². The number of carbonyl (C=O) groups excluding carboxylic acids is 2. The Morgan fingerprint density at radius 2 is 1.85 bits per heavy atom. The largest absolute Gasteiger partial charge is 0.573 e. The van der Waals surface area contributed by atoms with Gasteiger partial charge in [0.2, 0.25) is 5.91 Å². The molecule has 5 nitrogen and oxygen atoms in total. The van der Waals surface area contributed by atoms with Crippen LogP contribution >= 0.6 is 11.8 Å². The summed E-state index contributed by atoms with van der Waals surface area (Å²) in [6.45, 7) is 0. The topological polar surface area (TPSA) is 58.6 Å². The fourth-order valence-corrected chi connectivity index (χ4v) is 4.67. The predicted molar refractivity (Wildman–Crippen MR) is 93.4 cm³/mol. The molecule has 2 heterocycles. The molecular formula is C18H13F3N2O3S. The maximum Gasteiger partial charge on any atom is 0.573 e. The summed E-state index contributed by atoms with van der Waals surface area (Å²) in [5.41, 5.74) is 1.82. The molecular weight excluding hydrogens is 381 g/mol. The minimum Gasteiger partial charge on any atom is -0.406 e. The number of thioether (sulfide) groups is 1. The third kappa shape index (κ3) is 3.34. The van der Waals surface area contributed by atoms with Gasteiger partial charge in [-0.1, -0.05) is 18.2 Å². The van der Waals surface area contributed by atoms with Crippen molar-refractivity contribution < 1.29 is 27.5 Å². The van der Waals surface area contributed by atoms with Gasteiger partial charge in [0.15, 0.2) is 0 Å². The Kier molecular flexibility index (Phi) is 4.26. The third-order valence-corrected chi connectivity index (χ3v) is 5.66. The minimum absolute atomic E-state index is 0.185. The molecule has 0 spiro atoms. The zero-order valence-corrected chi connectivity index (χ0v) is 14.5. The van der Waals surface area contributed by atoms with Gasteiger partial charge in [0.05, 0.1) is 0 Å². The van der Waals surface area contributed by atoms with E-state index < -0.39 is 12.4 Å². The number of rotatable bonds is 3. The Hall–Kier alpha value is -2.68. The van der Waals surface area contributed by atoms with Crippen LogP contribution in [-0.2, 0) is 4.79 Å². The first-order valence-corrected chi connectivity index (χ1v) is 9.08. The highest BCUT2D eigenvalue weighted by atomic mass is 32.2. The molecule has 0 aromatic heterocycles. The van der Waals surface area contributed by atoms with Crippen molar-refractivity contribution in [2.75, 3.05) is 11.1 Å². The van der Waals surface area contributed by atoms with Crippen LogP contribution in [0.1, 0.15) is 21.3 Å². The number of benzene rings is 2. The van der Waals surface area contributed by atoms with Gasteiger partial charge in [0.1, 0.15) is 17.2 Å². The van der Waals surface area contributed by atoms with Crippen molar-refractivity contribution >= 4 is 29.3 Å². The molecule has 2 atom stereocenters. The average Bonchev–Trinajstić information content (AvgIpc) is 3.16. The number of alkyl halides is 3. The first-order valence-electron chi connectivity index (χ1n) is 8.03. The van der Waals surface area contributed by atoms with Crippen LogP contribution in [0.2, 0.25) is 0 Å². The number of amides is 2. The second kappa shape index (κ2) is 6.49. The second-order valence-electron chi connectivity index (χ2n) is 6.06. The van der Waals surface area contributed by atoms with Gasteiger partial charge in [0, 0.05) is 17.0 Å². The Morgan fingerprint density at radius 3 is 2.56 bits per heavy atom. The number of ether oxygens (including phenoxy) is 1. The summed E-state index contributed by atoms with van der Waals surface area (Å²) in [6.07, 6.45) is -4.77. The molecule has 1 N–H and O–H groups in total. The molecule has 140 valence electrons. The molecule has 4 rings (SSSR count). The van der Waals surface area contributed by atoms with Gasteiger partial charge in [0.25, 0.3) is 5.91 Å². The standard InChI is InChI=1S/C18H13F3N2O3S/c19-18(20,21)26-11-7-5-10(6-8-11)22-15(24)14-9-27-17-13-4-2-1-3-12(13)16(25)23(14)17/h1-8,14,17H,9H2,(H,22,24)/t14-,17?/m0/s1. The Balaban J connectivity index is 1.46. The van der Waals surface area contributed by atoms with Crippen molar-refractivity contribution in [3.63, 3.8) is 0 Å². The van der Waals surface area contributed by atoms with Crippen LogP contribution < -0.4 is 10.1 Å². The number of hydrogen-bond acceptors (Lipinski definition) is 4. The molecule has 0 radical (unpaired) electrons. The predicted octanol–water partition coefficient (Wildman–Crippen LogP) is 3.79. The van der Waals surface area contributed by atoms with Gasteiger partial charge in [-0.3, -0.25) is 9.59 Å². The SMILES string of the molecule is O=C(Nc1ccc(OC(F)(F)F)cc1)[C@@H]1CSC2c3ccccc3C(=O)N21. The van der Waals surface area contributed by atoms with E-state index in [0.29, 0.717) is 17.0 Å². The molecule has 2 aliphatic rings. The fourth-order valence-electron chi connectivity index (χ4n) is 3.21. The quantitative estimate of drug-likeness (QED) is 0.861. The lowest BCUT2D eigenvalue weighted by Crippen LogP contribution is -2.42. The van der Waals surface area contributed by atoms with E-state index in [1.165, 1.54) is 23.9 Å². The third-order valence-electron chi connectivity index (χ3n) is 4.35. The first kappa shape index (κ1) is 17.7. The number of nitrogens with zero attached hydrogens (tertiary/aromatic N) is 1. The van der Waals surface area contributed by atoms with Crippen LogP contribution in [0.4, 0.5) is 18.9 Å². The summed E-state index contributed by atoms with van der Waals surface area (Å²) < 4.78 is 40.4. The number of anilines is 1. The normalized spacial score (nSPS) is 21.0. The molecule has 2 aromatic carbocycles. The molecule has 2 aromatic rings.